The molecule has 26 heavy (non-hydrogen) atoms. The Balaban J connectivity index is 3.71. The van der Waals surface area contributed by atoms with Crippen molar-refractivity contribution < 1.29 is 24.2 Å². The smallest absolute Gasteiger partial charge is 0.306 e. The SMILES string of the molecule is C=CCCCCCCCC(=O)OC(CO)COC(=O)CCCCCCC. The van der Waals surface area contributed by atoms with Gasteiger partial charge in [-0.05, 0) is 25.7 Å². The molecular formula is C21H38O5. The minimum atomic E-state index is -0.765. The molecule has 1 N–H and O–H groups in total. The molecule has 0 aromatic rings. The summed E-state index contributed by atoms with van der Waals surface area (Å²) in [5.74, 6) is -0.638. The molecule has 0 aromatic carbocycles. The van der Waals surface area contributed by atoms with Crippen molar-refractivity contribution >= 4 is 11.9 Å². The number of unbranched alkanes of at least 4 members (excludes halogenated alkanes) is 9. The number of hydrogen-bond donors (Lipinski definition) is 1. The van der Waals surface area contributed by atoms with E-state index < -0.39 is 6.10 Å². The zero-order valence-corrected chi connectivity index (χ0v) is 16.5. The van der Waals surface area contributed by atoms with Crippen LogP contribution < -0.4 is 0 Å². The molecular weight excluding hydrogens is 332 g/mol. The Morgan fingerprint density at radius 1 is 0.923 bits per heavy atom. The number of hydrogen-bond acceptors (Lipinski definition) is 5. The first-order valence-electron chi connectivity index (χ1n) is 10.2. The Bertz CT molecular complexity index is 367. The molecule has 0 saturated carbocycles. The highest BCUT2D eigenvalue weighted by atomic mass is 16.6. The quantitative estimate of drug-likeness (QED) is 0.215. The lowest BCUT2D eigenvalue weighted by Crippen LogP contribution is -2.28. The van der Waals surface area contributed by atoms with Crippen molar-refractivity contribution in [2.45, 2.75) is 96.5 Å². The molecule has 0 saturated heterocycles. The Kier molecular flexibility index (Phi) is 17.5. The lowest BCUT2D eigenvalue weighted by molar-refractivity contribution is -0.161. The van der Waals surface area contributed by atoms with Gasteiger partial charge in [-0.1, -0.05) is 57.9 Å². The number of aliphatic hydroxyl groups excluding tert-OH is 1. The average molecular weight is 371 g/mol. The van der Waals surface area contributed by atoms with Gasteiger partial charge >= 0.3 is 11.9 Å². The molecule has 5 heteroatoms. The summed E-state index contributed by atoms with van der Waals surface area (Å²) < 4.78 is 10.3. The molecule has 0 radical (unpaired) electrons. The predicted molar refractivity (Wildman–Crippen MR) is 104 cm³/mol. The average Bonchev–Trinajstić information content (AvgIpc) is 2.64. The maximum absolute atomic E-state index is 11.8. The van der Waals surface area contributed by atoms with Crippen LogP contribution in [-0.2, 0) is 19.1 Å². The summed E-state index contributed by atoms with van der Waals surface area (Å²) in [6.45, 7) is 5.43. The molecule has 0 aromatic heterocycles. The third-order valence-electron chi connectivity index (χ3n) is 4.21. The summed E-state index contributed by atoms with van der Waals surface area (Å²) in [4.78, 5) is 23.4. The van der Waals surface area contributed by atoms with Crippen LogP contribution in [0.25, 0.3) is 0 Å². The summed E-state index contributed by atoms with van der Waals surface area (Å²) >= 11 is 0. The molecule has 1 unspecified atom stereocenters. The van der Waals surface area contributed by atoms with Gasteiger partial charge in [0, 0.05) is 12.8 Å². The van der Waals surface area contributed by atoms with E-state index in [-0.39, 0.29) is 25.2 Å². The van der Waals surface area contributed by atoms with Crippen LogP contribution in [0.1, 0.15) is 90.4 Å². The second-order valence-electron chi connectivity index (χ2n) is 6.74. The van der Waals surface area contributed by atoms with Gasteiger partial charge < -0.3 is 14.6 Å². The number of rotatable bonds is 18. The van der Waals surface area contributed by atoms with E-state index in [1.165, 1.54) is 12.8 Å². The second-order valence-corrected chi connectivity index (χ2v) is 6.74. The van der Waals surface area contributed by atoms with E-state index in [0.717, 1.165) is 57.8 Å². The van der Waals surface area contributed by atoms with Crippen LogP contribution in [0.4, 0.5) is 0 Å². The lowest BCUT2D eigenvalue weighted by Gasteiger charge is -2.15. The molecule has 152 valence electrons. The Morgan fingerprint density at radius 2 is 1.50 bits per heavy atom. The molecule has 0 aliphatic heterocycles. The van der Waals surface area contributed by atoms with Crippen molar-refractivity contribution in [2.24, 2.45) is 0 Å². The Labute approximate surface area is 159 Å². The normalized spacial score (nSPS) is 11.8. The molecule has 0 aliphatic rings. The zero-order valence-electron chi connectivity index (χ0n) is 16.5. The summed E-state index contributed by atoms with van der Waals surface area (Å²) in [5, 5.41) is 9.28. The highest BCUT2D eigenvalue weighted by Gasteiger charge is 2.15. The largest absolute Gasteiger partial charge is 0.462 e. The topological polar surface area (TPSA) is 72.8 Å². The van der Waals surface area contributed by atoms with Crippen molar-refractivity contribution in [3.05, 3.63) is 12.7 Å². The molecule has 0 heterocycles. The zero-order chi connectivity index (χ0) is 19.5. The number of carbonyl (C=O) groups excluding carboxylic acids is 2. The maximum atomic E-state index is 11.8. The fraction of sp³-hybridized carbons (Fsp3) is 0.810. The molecule has 0 aliphatic carbocycles. The van der Waals surface area contributed by atoms with Gasteiger partial charge in [0.05, 0.1) is 6.61 Å². The third-order valence-corrected chi connectivity index (χ3v) is 4.21. The van der Waals surface area contributed by atoms with Crippen LogP contribution >= 0.6 is 0 Å². The van der Waals surface area contributed by atoms with Crippen molar-refractivity contribution in [1.29, 1.82) is 0 Å². The van der Waals surface area contributed by atoms with E-state index in [2.05, 4.69) is 13.5 Å². The highest BCUT2D eigenvalue weighted by molar-refractivity contribution is 5.70. The fourth-order valence-electron chi connectivity index (χ4n) is 2.59. The maximum Gasteiger partial charge on any atom is 0.306 e. The molecule has 0 bridgehead atoms. The highest BCUT2D eigenvalue weighted by Crippen LogP contribution is 2.09. The summed E-state index contributed by atoms with van der Waals surface area (Å²) in [6.07, 6.45) is 13.4. The summed E-state index contributed by atoms with van der Waals surface area (Å²) in [5.41, 5.74) is 0. The number of esters is 2. The number of carbonyl (C=O) groups is 2. The summed E-state index contributed by atoms with van der Waals surface area (Å²) in [7, 11) is 0. The Morgan fingerprint density at radius 3 is 2.12 bits per heavy atom. The number of aliphatic hydroxyl groups is 1. The van der Waals surface area contributed by atoms with Crippen molar-refractivity contribution in [1.82, 2.24) is 0 Å². The van der Waals surface area contributed by atoms with Crippen LogP contribution in [0.15, 0.2) is 12.7 Å². The van der Waals surface area contributed by atoms with E-state index in [0.29, 0.717) is 12.8 Å². The van der Waals surface area contributed by atoms with Crippen LogP contribution in [-0.4, -0.2) is 36.4 Å². The van der Waals surface area contributed by atoms with Crippen LogP contribution in [0.3, 0.4) is 0 Å². The molecule has 5 nitrogen and oxygen atoms in total. The van der Waals surface area contributed by atoms with E-state index in [1.807, 2.05) is 6.08 Å². The van der Waals surface area contributed by atoms with Crippen LogP contribution in [0.2, 0.25) is 0 Å². The first-order valence-corrected chi connectivity index (χ1v) is 10.2. The van der Waals surface area contributed by atoms with Gasteiger partial charge in [0.1, 0.15) is 6.61 Å². The lowest BCUT2D eigenvalue weighted by atomic mass is 10.1. The number of allylic oxidation sites excluding steroid dienone is 1. The van der Waals surface area contributed by atoms with Crippen molar-refractivity contribution in [2.75, 3.05) is 13.2 Å². The van der Waals surface area contributed by atoms with Gasteiger partial charge in [0.15, 0.2) is 6.10 Å². The van der Waals surface area contributed by atoms with Crippen LogP contribution in [0.5, 0.6) is 0 Å². The first kappa shape index (κ1) is 24.6. The second kappa shape index (κ2) is 18.4. The van der Waals surface area contributed by atoms with E-state index in [4.69, 9.17) is 9.47 Å². The Hall–Kier alpha value is -1.36. The molecule has 0 spiro atoms. The van der Waals surface area contributed by atoms with E-state index in [1.54, 1.807) is 0 Å². The van der Waals surface area contributed by atoms with Crippen molar-refractivity contribution in [3.8, 4) is 0 Å². The van der Waals surface area contributed by atoms with E-state index in [9.17, 15) is 14.7 Å². The predicted octanol–water partition coefficient (Wildman–Crippen LogP) is 4.71. The van der Waals surface area contributed by atoms with E-state index >= 15 is 0 Å². The molecule has 0 fully saturated rings. The molecule has 1 atom stereocenters. The van der Waals surface area contributed by atoms with Gasteiger partial charge in [-0.15, -0.1) is 6.58 Å². The monoisotopic (exact) mass is 370 g/mol. The summed E-state index contributed by atoms with van der Waals surface area (Å²) in [6, 6.07) is 0. The van der Waals surface area contributed by atoms with Crippen LogP contribution in [0, 0.1) is 0 Å². The molecule has 0 rings (SSSR count). The first-order chi connectivity index (χ1) is 12.6. The van der Waals surface area contributed by atoms with Gasteiger partial charge in [-0.25, -0.2) is 0 Å². The molecule has 0 amide bonds. The number of ether oxygens (including phenoxy) is 2. The third kappa shape index (κ3) is 16.1. The minimum Gasteiger partial charge on any atom is -0.462 e. The van der Waals surface area contributed by atoms with Gasteiger partial charge in [0.25, 0.3) is 0 Å². The van der Waals surface area contributed by atoms with Gasteiger partial charge in [0.2, 0.25) is 0 Å². The minimum absolute atomic E-state index is 0.0718. The van der Waals surface area contributed by atoms with Crippen molar-refractivity contribution in [3.63, 3.8) is 0 Å². The standard InChI is InChI=1S/C21H38O5/c1-3-5-7-9-10-12-14-16-21(24)26-19(17-22)18-25-20(23)15-13-11-8-6-4-2/h3,19,22H,1,4-18H2,2H3. The van der Waals surface area contributed by atoms with Gasteiger partial charge in [-0.2, -0.15) is 0 Å². The fourth-order valence-corrected chi connectivity index (χ4v) is 2.59. The van der Waals surface area contributed by atoms with Gasteiger partial charge in [-0.3, -0.25) is 9.59 Å².